The molecule has 2 aromatic carbocycles. The lowest BCUT2D eigenvalue weighted by Gasteiger charge is -2.18. The monoisotopic (exact) mass is 375 g/mol. The first-order valence-corrected chi connectivity index (χ1v) is 8.69. The number of methoxy groups -OCH3 is 1. The third-order valence-electron chi connectivity index (χ3n) is 3.94. The molecule has 138 valence electrons. The zero-order chi connectivity index (χ0) is 19.1. The van der Waals surface area contributed by atoms with Crippen LogP contribution in [0.2, 0.25) is 5.02 Å². The number of esters is 1. The summed E-state index contributed by atoms with van der Waals surface area (Å²) in [6.45, 7) is 3.61. The molecule has 26 heavy (non-hydrogen) atoms. The molecule has 0 saturated heterocycles. The minimum atomic E-state index is -0.664. The minimum absolute atomic E-state index is 0.137. The molecule has 0 bridgehead atoms. The smallest absolute Gasteiger partial charge is 0.342 e. The van der Waals surface area contributed by atoms with Gasteiger partial charge in [0, 0.05) is 5.02 Å². The van der Waals surface area contributed by atoms with Crippen LogP contribution in [0.3, 0.4) is 0 Å². The lowest BCUT2D eigenvalue weighted by molar-refractivity contribution is -0.125. The second kappa shape index (κ2) is 9.25. The van der Waals surface area contributed by atoms with E-state index in [4.69, 9.17) is 21.1 Å². The quantitative estimate of drug-likeness (QED) is 0.740. The summed E-state index contributed by atoms with van der Waals surface area (Å²) in [6, 6.07) is 12.4. The van der Waals surface area contributed by atoms with E-state index in [-0.39, 0.29) is 24.1 Å². The summed E-state index contributed by atoms with van der Waals surface area (Å²) in [6.07, 6.45) is 0.727. The second-order valence-corrected chi connectivity index (χ2v) is 6.30. The van der Waals surface area contributed by atoms with Gasteiger partial charge in [0.05, 0.1) is 13.2 Å². The molecule has 0 aliphatic heterocycles. The van der Waals surface area contributed by atoms with E-state index in [0.29, 0.717) is 10.8 Å². The fourth-order valence-corrected chi connectivity index (χ4v) is 2.68. The Hall–Kier alpha value is -2.53. The number of hydrogen-bond acceptors (Lipinski definition) is 4. The summed E-state index contributed by atoms with van der Waals surface area (Å²) in [5.41, 5.74) is 2.34. The largest absolute Gasteiger partial charge is 0.496 e. The Morgan fingerprint density at radius 1 is 1.15 bits per heavy atom. The molecule has 5 nitrogen and oxygen atoms in total. The van der Waals surface area contributed by atoms with Crippen LogP contribution in [0.25, 0.3) is 0 Å². The molecule has 2 aromatic rings. The first kappa shape index (κ1) is 19.8. The summed E-state index contributed by atoms with van der Waals surface area (Å²) < 4.78 is 10.2. The Balaban J connectivity index is 1.96. The van der Waals surface area contributed by atoms with Gasteiger partial charge in [-0.3, -0.25) is 4.79 Å². The van der Waals surface area contributed by atoms with E-state index in [9.17, 15) is 9.59 Å². The van der Waals surface area contributed by atoms with Crippen molar-refractivity contribution in [2.24, 2.45) is 0 Å². The molecule has 1 N–H and O–H groups in total. The summed E-state index contributed by atoms with van der Waals surface area (Å²) in [5.74, 6) is -0.694. The Kier molecular flexibility index (Phi) is 7.04. The van der Waals surface area contributed by atoms with Crippen molar-refractivity contribution in [1.29, 1.82) is 0 Å². The normalized spacial score (nSPS) is 11.5. The first-order chi connectivity index (χ1) is 12.4. The van der Waals surface area contributed by atoms with Gasteiger partial charge in [-0.05, 0) is 37.1 Å². The molecule has 0 aliphatic carbocycles. The number of rotatable bonds is 7. The van der Waals surface area contributed by atoms with Crippen LogP contribution < -0.4 is 10.1 Å². The predicted molar refractivity (Wildman–Crippen MR) is 101 cm³/mol. The van der Waals surface area contributed by atoms with Gasteiger partial charge >= 0.3 is 5.97 Å². The highest BCUT2D eigenvalue weighted by Gasteiger charge is 2.18. The van der Waals surface area contributed by atoms with E-state index < -0.39 is 5.97 Å². The maximum Gasteiger partial charge on any atom is 0.342 e. The molecule has 0 saturated carbocycles. The highest BCUT2D eigenvalue weighted by atomic mass is 35.5. The number of carbonyl (C=O) groups excluding carboxylic acids is 2. The van der Waals surface area contributed by atoms with Gasteiger partial charge in [0.15, 0.2) is 6.61 Å². The maximum absolute atomic E-state index is 12.2. The van der Waals surface area contributed by atoms with E-state index in [1.165, 1.54) is 13.2 Å². The lowest BCUT2D eigenvalue weighted by atomic mass is 10.0. The van der Waals surface area contributed by atoms with Crippen LogP contribution >= 0.6 is 11.6 Å². The topological polar surface area (TPSA) is 64.6 Å². The predicted octanol–water partition coefficient (Wildman–Crippen LogP) is 4.08. The van der Waals surface area contributed by atoms with Crippen LogP contribution in [0.5, 0.6) is 5.75 Å². The highest BCUT2D eigenvalue weighted by Crippen LogP contribution is 2.23. The van der Waals surface area contributed by atoms with E-state index in [2.05, 4.69) is 5.32 Å². The van der Waals surface area contributed by atoms with Gasteiger partial charge in [-0.25, -0.2) is 4.79 Å². The summed E-state index contributed by atoms with van der Waals surface area (Å²) in [5, 5.41) is 3.26. The van der Waals surface area contributed by atoms with Crippen LogP contribution in [-0.4, -0.2) is 25.6 Å². The summed E-state index contributed by atoms with van der Waals surface area (Å²) in [4.78, 5) is 24.4. The van der Waals surface area contributed by atoms with Crippen molar-refractivity contribution in [2.45, 2.75) is 26.3 Å². The average molecular weight is 376 g/mol. The third kappa shape index (κ3) is 5.23. The van der Waals surface area contributed by atoms with Crippen molar-refractivity contribution < 1.29 is 19.1 Å². The number of ether oxygens (including phenoxy) is 2. The zero-order valence-corrected chi connectivity index (χ0v) is 15.8. The number of aryl methyl sites for hydroxylation is 1. The molecule has 0 radical (unpaired) electrons. The molecule has 0 unspecified atom stereocenters. The van der Waals surface area contributed by atoms with Crippen LogP contribution in [0.4, 0.5) is 0 Å². The van der Waals surface area contributed by atoms with E-state index in [0.717, 1.165) is 17.5 Å². The molecule has 2 rings (SSSR count). The van der Waals surface area contributed by atoms with E-state index in [1.807, 2.05) is 38.1 Å². The number of carbonyl (C=O) groups is 2. The molecule has 0 heterocycles. The van der Waals surface area contributed by atoms with Crippen LogP contribution in [0, 0.1) is 6.92 Å². The Labute approximate surface area is 158 Å². The molecule has 0 spiro atoms. The van der Waals surface area contributed by atoms with Gasteiger partial charge in [-0.1, -0.05) is 48.4 Å². The molecule has 0 aliphatic rings. The summed E-state index contributed by atoms with van der Waals surface area (Å²) in [7, 11) is 1.44. The standard InChI is InChI=1S/C20H22ClNO4/c1-4-17(14-7-5-13(2)6-8-14)22-19(23)12-26-20(24)16-11-15(21)9-10-18(16)25-3/h5-11,17H,4,12H2,1-3H3,(H,22,23)/t17-/m0/s1. The van der Waals surface area contributed by atoms with E-state index >= 15 is 0 Å². The van der Waals surface area contributed by atoms with Gasteiger partial charge in [0.2, 0.25) is 0 Å². The Morgan fingerprint density at radius 2 is 1.85 bits per heavy atom. The van der Waals surface area contributed by atoms with Crippen molar-refractivity contribution in [3.8, 4) is 5.75 Å². The Morgan fingerprint density at radius 3 is 2.46 bits per heavy atom. The van der Waals surface area contributed by atoms with Gasteiger partial charge in [0.25, 0.3) is 5.91 Å². The molecule has 0 fully saturated rings. The number of amides is 1. The van der Waals surface area contributed by atoms with Gasteiger partial charge in [-0.2, -0.15) is 0 Å². The average Bonchev–Trinajstić information content (AvgIpc) is 2.65. The number of hydrogen-bond donors (Lipinski definition) is 1. The SMILES string of the molecule is CC[C@H](NC(=O)COC(=O)c1cc(Cl)ccc1OC)c1ccc(C)cc1. The fourth-order valence-electron chi connectivity index (χ4n) is 2.50. The molecule has 6 heteroatoms. The molecular formula is C20H22ClNO4. The van der Waals surface area contributed by atoms with Crippen LogP contribution in [0.1, 0.15) is 40.9 Å². The maximum atomic E-state index is 12.2. The number of halogens is 1. The van der Waals surface area contributed by atoms with Crippen molar-refractivity contribution in [1.82, 2.24) is 5.32 Å². The van der Waals surface area contributed by atoms with Crippen LogP contribution in [0.15, 0.2) is 42.5 Å². The number of nitrogens with one attached hydrogen (secondary N) is 1. The molecule has 1 amide bonds. The minimum Gasteiger partial charge on any atom is -0.496 e. The zero-order valence-electron chi connectivity index (χ0n) is 15.0. The van der Waals surface area contributed by atoms with Crippen molar-refractivity contribution in [3.05, 3.63) is 64.2 Å². The fraction of sp³-hybridized carbons (Fsp3) is 0.300. The first-order valence-electron chi connectivity index (χ1n) is 8.31. The van der Waals surface area contributed by atoms with Crippen molar-refractivity contribution in [3.63, 3.8) is 0 Å². The molecule has 0 aromatic heterocycles. The highest BCUT2D eigenvalue weighted by molar-refractivity contribution is 6.31. The molecule has 1 atom stereocenters. The van der Waals surface area contributed by atoms with Crippen molar-refractivity contribution in [2.75, 3.05) is 13.7 Å². The number of benzene rings is 2. The van der Waals surface area contributed by atoms with Crippen LogP contribution in [-0.2, 0) is 9.53 Å². The van der Waals surface area contributed by atoms with Gasteiger partial charge in [-0.15, -0.1) is 0 Å². The second-order valence-electron chi connectivity index (χ2n) is 5.86. The van der Waals surface area contributed by atoms with E-state index in [1.54, 1.807) is 12.1 Å². The third-order valence-corrected chi connectivity index (χ3v) is 4.17. The summed E-state index contributed by atoms with van der Waals surface area (Å²) >= 11 is 5.90. The lowest BCUT2D eigenvalue weighted by Crippen LogP contribution is -2.32. The van der Waals surface area contributed by atoms with Gasteiger partial charge in [0.1, 0.15) is 11.3 Å². The Bertz CT molecular complexity index is 774. The molecular weight excluding hydrogens is 354 g/mol. The van der Waals surface area contributed by atoms with Gasteiger partial charge < -0.3 is 14.8 Å². The van der Waals surface area contributed by atoms with Crippen molar-refractivity contribution >= 4 is 23.5 Å².